The van der Waals surface area contributed by atoms with Crippen molar-refractivity contribution in [2.45, 2.75) is 0 Å². The molecular weight excluding hydrogens is 146 g/mol. The molecule has 0 saturated carbocycles. The van der Waals surface area contributed by atoms with E-state index in [4.69, 9.17) is 15.4 Å². The van der Waals surface area contributed by atoms with Gasteiger partial charge < -0.3 is 15.4 Å². The summed E-state index contributed by atoms with van der Waals surface area (Å²) in [5.74, 6) is 0.690. The van der Waals surface area contributed by atoms with Crippen molar-refractivity contribution in [1.82, 2.24) is 5.16 Å². The second-order valence-corrected chi connectivity index (χ2v) is 1.87. The number of aliphatic hydroxyl groups is 1. The first kappa shape index (κ1) is 7.74. The quantitative estimate of drug-likeness (QED) is 0.449. The fourth-order valence-corrected chi connectivity index (χ4v) is 0.596. The van der Waals surface area contributed by atoms with Gasteiger partial charge in [0.25, 0.3) is 0 Å². The third kappa shape index (κ3) is 2.05. The number of amidine groups is 1. The fraction of sp³-hybridized carbons (Fsp3) is 0.333. The standard InChI is InChI=1S/C6H9N3O2/c7-6(8-3-4-10)5-1-2-9-11-5/h1-2,10H,3-4H2,(H2,7,8). The van der Waals surface area contributed by atoms with Crippen molar-refractivity contribution in [2.75, 3.05) is 13.2 Å². The second kappa shape index (κ2) is 3.72. The molecule has 0 aliphatic heterocycles. The Labute approximate surface area is 63.5 Å². The second-order valence-electron chi connectivity index (χ2n) is 1.87. The first-order valence-corrected chi connectivity index (χ1v) is 3.16. The molecule has 60 valence electrons. The molecule has 0 aromatic carbocycles. The van der Waals surface area contributed by atoms with E-state index in [-0.39, 0.29) is 19.0 Å². The lowest BCUT2D eigenvalue weighted by Gasteiger charge is -1.91. The van der Waals surface area contributed by atoms with Crippen LogP contribution in [0.5, 0.6) is 0 Å². The van der Waals surface area contributed by atoms with Gasteiger partial charge in [-0.2, -0.15) is 0 Å². The third-order valence-electron chi connectivity index (χ3n) is 1.07. The number of hydrogen-bond donors (Lipinski definition) is 2. The van der Waals surface area contributed by atoms with Crippen LogP contribution in [0.25, 0.3) is 0 Å². The zero-order valence-electron chi connectivity index (χ0n) is 5.90. The molecule has 0 aliphatic carbocycles. The number of aliphatic imine (C=N–C) groups is 1. The number of nitrogens with two attached hydrogens (primary N) is 1. The van der Waals surface area contributed by atoms with E-state index in [1.807, 2.05) is 0 Å². The number of rotatable bonds is 3. The average Bonchev–Trinajstić information content (AvgIpc) is 2.52. The lowest BCUT2D eigenvalue weighted by molar-refractivity contribution is 0.306. The summed E-state index contributed by atoms with van der Waals surface area (Å²) in [5, 5.41) is 11.9. The van der Waals surface area contributed by atoms with Gasteiger partial charge in [-0.1, -0.05) is 5.16 Å². The van der Waals surface area contributed by atoms with E-state index in [0.717, 1.165) is 0 Å². The fourth-order valence-electron chi connectivity index (χ4n) is 0.596. The van der Waals surface area contributed by atoms with Gasteiger partial charge in [0.15, 0.2) is 5.84 Å². The molecule has 0 bridgehead atoms. The Morgan fingerprint density at radius 3 is 3.18 bits per heavy atom. The number of aliphatic hydroxyl groups excluding tert-OH is 1. The summed E-state index contributed by atoms with van der Waals surface area (Å²) >= 11 is 0. The van der Waals surface area contributed by atoms with E-state index < -0.39 is 0 Å². The molecule has 1 rings (SSSR count). The summed E-state index contributed by atoms with van der Waals surface area (Å²) in [7, 11) is 0. The van der Waals surface area contributed by atoms with Gasteiger partial charge in [-0.05, 0) is 0 Å². The Morgan fingerprint density at radius 1 is 1.82 bits per heavy atom. The largest absolute Gasteiger partial charge is 0.394 e. The van der Waals surface area contributed by atoms with Crippen molar-refractivity contribution in [3.05, 3.63) is 18.0 Å². The summed E-state index contributed by atoms with van der Waals surface area (Å²) in [5.41, 5.74) is 5.43. The maximum absolute atomic E-state index is 8.40. The van der Waals surface area contributed by atoms with Crippen LogP contribution in [0.2, 0.25) is 0 Å². The van der Waals surface area contributed by atoms with Crippen LogP contribution >= 0.6 is 0 Å². The topological polar surface area (TPSA) is 84.6 Å². The molecule has 0 saturated heterocycles. The Hall–Kier alpha value is -1.36. The van der Waals surface area contributed by atoms with Crippen LogP contribution in [-0.2, 0) is 0 Å². The molecule has 11 heavy (non-hydrogen) atoms. The lowest BCUT2D eigenvalue weighted by atomic mass is 10.4. The van der Waals surface area contributed by atoms with E-state index in [2.05, 4.69) is 10.1 Å². The van der Waals surface area contributed by atoms with Crippen LogP contribution < -0.4 is 5.73 Å². The first-order chi connectivity index (χ1) is 5.34. The minimum absolute atomic E-state index is 0.0190. The van der Waals surface area contributed by atoms with Crippen LogP contribution in [0.3, 0.4) is 0 Å². The summed E-state index contributed by atoms with van der Waals surface area (Å²) in [6, 6.07) is 1.61. The number of aromatic nitrogens is 1. The maximum Gasteiger partial charge on any atom is 0.201 e. The van der Waals surface area contributed by atoms with Crippen LogP contribution in [0.4, 0.5) is 0 Å². The zero-order chi connectivity index (χ0) is 8.10. The van der Waals surface area contributed by atoms with Crippen molar-refractivity contribution in [3.8, 4) is 0 Å². The minimum Gasteiger partial charge on any atom is -0.394 e. The zero-order valence-corrected chi connectivity index (χ0v) is 5.90. The van der Waals surface area contributed by atoms with Crippen molar-refractivity contribution in [2.24, 2.45) is 10.7 Å². The van der Waals surface area contributed by atoms with Crippen LogP contribution in [0, 0.1) is 0 Å². The maximum atomic E-state index is 8.40. The molecule has 5 nitrogen and oxygen atoms in total. The Balaban J connectivity index is 2.62. The van der Waals surface area contributed by atoms with Crippen LogP contribution in [0.1, 0.15) is 5.76 Å². The van der Waals surface area contributed by atoms with Gasteiger partial charge in [-0.15, -0.1) is 0 Å². The highest BCUT2D eigenvalue weighted by Gasteiger charge is 1.99. The molecule has 1 heterocycles. The highest BCUT2D eigenvalue weighted by atomic mass is 16.5. The van der Waals surface area contributed by atoms with Gasteiger partial charge in [0.1, 0.15) is 0 Å². The average molecular weight is 155 g/mol. The molecule has 0 spiro atoms. The molecule has 1 aromatic heterocycles. The first-order valence-electron chi connectivity index (χ1n) is 3.16. The Kier molecular flexibility index (Phi) is 2.62. The van der Waals surface area contributed by atoms with Crippen molar-refractivity contribution in [1.29, 1.82) is 0 Å². The minimum atomic E-state index is -0.0190. The summed E-state index contributed by atoms with van der Waals surface area (Å²) in [4.78, 5) is 3.80. The van der Waals surface area contributed by atoms with Crippen LogP contribution in [0.15, 0.2) is 21.8 Å². The van der Waals surface area contributed by atoms with Crippen molar-refractivity contribution < 1.29 is 9.63 Å². The van der Waals surface area contributed by atoms with Gasteiger partial charge in [-0.25, -0.2) is 0 Å². The van der Waals surface area contributed by atoms with Gasteiger partial charge in [-0.3, -0.25) is 4.99 Å². The smallest absolute Gasteiger partial charge is 0.201 e. The highest BCUT2D eigenvalue weighted by molar-refractivity contribution is 5.94. The van der Waals surface area contributed by atoms with Gasteiger partial charge >= 0.3 is 0 Å². The van der Waals surface area contributed by atoms with Crippen LogP contribution in [-0.4, -0.2) is 29.3 Å². The Bertz CT molecular complexity index is 230. The SMILES string of the molecule is NC(=NCCO)c1ccno1. The predicted octanol–water partition coefficient (Wildman–Crippen LogP) is -0.628. The molecular formula is C6H9N3O2. The molecule has 0 unspecified atom stereocenters. The van der Waals surface area contributed by atoms with Crippen molar-refractivity contribution in [3.63, 3.8) is 0 Å². The van der Waals surface area contributed by atoms with E-state index in [0.29, 0.717) is 5.76 Å². The van der Waals surface area contributed by atoms with Gasteiger partial charge in [0.2, 0.25) is 5.76 Å². The van der Waals surface area contributed by atoms with E-state index in [9.17, 15) is 0 Å². The summed E-state index contributed by atoms with van der Waals surface area (Å²) in [6.45, 7) is 0.265. The lowest BCUT2D eigenvalue weighted by Crippen LogP contribution is -2.13. The highest BCUT2D eigenvalue weighted by Crippen LogP contribution is 1.94. The monoisotopic (exact) mass is 155 g/mol. The number of hydrogen-bond acceptors (Lipinski definition) is 4. The molecule has 5 heteroatoms. The molecule has 3 N–H and O–H groups in total. The number of nitrogens with zero attached hydrogens (tertiary/aromatic N) is 2. The molecule has 0 atom stereocenters. The van der Waals surface area contributed by atoms with E-state index >= 15 is 0 Å². The van der Waals surface area contributed by atoms with E-state index in [1.54, 1.807) is 6.07 Å². The molecule has 0 amide bonds. The van der Waals surface area contributed by atoms with Gasteiger partial charge in [0.05, 0.1) is 19.3 Å². The summed E-state index contributed by atoms with van der Waals surface area (Å²) in [6.07, 6.45) is 1.48. The predicted molar refractivity (Wildman–Crippen MR) is 39.2 cm³/mol. The normalized spacial score (nSPS) is 11.9. The molecule has 0 radical (unpaired) electrons. The molecule has 1 aromatic rings. The third-order valence-corrected chi connectivity index (χ3v) is 1.07. The Morgan fingerprint density at radius 2 is 2.64 bits per heavy atom. The van der Waals surface area contributed by atoms with Crippen molar-refractivity contribution >= 4 is 5.84 Å². The van der Waals surface area contributed by atoms with E-state index in [1.165, 1.54) is 6.20 Å². The molecule has 0 aliphatic rings. The van der Waals surface area contributed by atoms with Gasteiger partial charge in [0, 0.05) is 6.07 Å². The summed E-state index contributed by atoms with van der Waals surface area (Å²) < 4.78 is 4.70. The molecule has 0 fully saturated rings.